The predicted molar refractivity (Wildman–Crippen MR) is 131 cm³/mol. The molecule has 2 unspecified atom stereocenters. The molecule has 2 aliphatic heterocycles. The smallest absolute Gasteiger partial charge is 0.231 e. The lowest BCUT2D eigenvalue weighted by Gasteiger charge is -2.34. The van der Waals surface area contributed by atoms with Crippen molar-refractivity contribution >= 4 is 0 Å². The van der Waals surface area contributed by atoms with E-state index in [9.17, 15) is 5.26 Å². The van der Waals surface area contributed by atoms with Crippen molar-refractivity contribution in [1.82, 2.24) is 0 Å². The molecule has 1 saturated carbocycles. The number of likely N-dealkylation sites (tertiary alicyclic amines) is 1. The van der Waals surface area contributed by atoms with E-state index < -0.39 is 5.41 Å². The van der Waals surface area contributed by atoms with Crippen LogP contribution >= 0.6 is 0 Å². The van der Waals surface area contributed by atoms with Crippen LogP contribution in [0.3, 0.4) is 0 Å². The summed E-state index contributed by atoms with van der Waals surface area (Å²) in [6.07, 6.45) is 1.96. The van der Waals surface area contributed by atoms with Gasteiger partial charge in [-0.1, -0.05) is 66.7 Å². The Morgan fingerprint density at radius 2 is 1.50 bits per heavy atom. The summed E-state index contributed by atoms with van der Waals surface area (Å²) in [7, 11) is 2.40. The molecule has 3 aromatic rings. The third-order valence-electron chi connectivity index (χ3n) is 8.46. The Morgan fingerprint density at radius 3 is 2.12 bits per heavy atom. The van der Waals surface area contributed by atoms with E-state index in [1.54, 1.807) is 0 Å². The first kappa shape index (κ1) is 21.3. The largest absolute Gasteiger partial charge is 0.454 e. The SMILES string of the molecule is C[N+]1(CCc2ccc3c(c2)OCO3)CC2C(CC(C#N)(c3ccccc3)c3ccccc3)C2C1. The highest BCUT2D eigenvalue weighted by molar-refractivity contribution is 5.46. The number of benzene rings is 3. The van der Waals surface area contributed by atoms with Gasteiger partial charge in [-0.05, 0) is 41.2 Å². The van der Waals surface area contributed by atoms with Crippen LogP contribution in [0, 0.1) is 29.1 Å². The number of quaternary nitrogens is 1. The maximum Gasteiger partial charge on any atom is 0.231 e. The highest BCUT2D eigenvalue weighted by Gasteiger charge is 2.63. The molecule has 2 fully saturated rings. The molecule has 0 spiro atoms. The summed E-state index contributed by atoms with van der Waals surface area (Å²) in [6, 6.07) is 29.9. The van der Waals surface area contributed by atoms with Crippen LogP contribution in [0.1, 0.15) is 23.1 Å². The van der Waals surface area contributed by atoms with E-state index in [4.69, 9.17) is 9.47 Å². The van der Waals surface area contributed by atoms with Crippen molar-refractivity contribution in [1.29, 1.82) is 5.26 Å². The number of nitriles is 1. The quantitative estimate of drug-likeness (QED) is 0.465. The minimum Gasteiger partial charge on any atom is -0.454 e. The summed E-state index contributed by atoms with van der Waals surface area (Å²) in [5.41, 5.74) is 2.98. The van der Waals surface area contributed by atoms with Gasteiger partial charge in [0, 0.05) is 18.3 Å². The van der Waals surface area contributed by atoms with Crippen molar-refractivity contribution in [2.45, 2.75) is 18.3 Å². The maximum absolute atomic E-state index is 10.5. The molecule has 0 radical (unpaired) electrons. The standard InChI is InChI=1S/C30H31N2O2/c1-32(15-14-22-12-13-28-29(16-22)34-21-33-28)18-26-25(27(26)19-32)17-30(20-31,23-8-4-2-5-9-23)24-10-6-3-7-11-24/h2-13,16,25-27H,14-15,17-19,21H2,1H3/q+1. The Bertz CT molecular complexity index is 1170. The van der Waals surface area contributed by atoms with Crippen molar-refractivity contribution in [2.75, 3.05) is 33.5 Å². The van der Waals surface area contributed by atoms with Crippen LogP contribution in [0.25, 0.3) is 0 Å². The highest BCUT2D eigenvalue weighted by Crippen LogP contribution is 2.59. The molecule has 0 bridgehead atoms. The Labute approximate surface area is 201 Å². The molecule has 0 N–H and O–H groups in total. The molecule has 6 rings (SSSR count). The molecule has 2 atom stereocenters. The van der Waals surface area contributed by atoms with Gasteiger partial charge in [-0.25, -0.2) is 0 Å². The molecule has 4 nitrogen and oxygen atoms in total. The molecular formula is C30H31N2O2+. The van der Waals surface area contributed by atoms with Crippen LogP contribution in [-0.2, 0) is 11.8 Å². The van der Waals surface area contributed by atoms with Crippen molar-refractivity contribution in [3.05, 3.63) is 95.6 Å². The van der Waals surface area contributed by atoms with Crippen molar-refractivity contribution in [3.63, 3.8) is 0 Å². The molecule has 2 heterocycles. The molecule has 34 heavy (non-hydrogen) atoms. The highest BCUT2D eigenvalue weighted by atomic mass is 16.7. The molecule has 0 amide bonds. The number of fused-ring (bicyclic) bond motifs is 2. The minimum atomic E-state index is -0.576. The summed E-state index contributed by atoms with van der Waals surface area (Å²) in [6.45, 7) is 3.89. The van der Waals surface area contributed by atoms with E-state index in [2.05, 4.69) is 73.8 Å². The third kappa shape index (κ3) is 3.65. The number of rotatable bonds is 7. The predicted octanol–water partition coefficient (Wildman–Crippen LogP) is 5.18. The van der Waals surface area contributed by atoms with Crippen LogP contribution in [0.15, 0.2) is 78.9 Å². The first-order valence-corrected chi connectivity index (χ1v) is 12.3. The minimum absolute atomic E-state index is 0.327. The molecule has 3 aromatic carbocycles. The molecule has 1 saturated heterocycles. The van der Waals surface area contributed by atoms with Gasteiger partial charge in [0.15, 0.2) is 11.5 Å². The van der Waals surface area contributed by atoms with Gasteiger partial charge in [0.2, 0.25) is 6.79 Å². The summed E-state index contributed by atoms with van der Waals surface area (Å²) < 4.78 is 12.1. The van der Waals surface area contributed by atoms with Gasteiger partial charge in [-0.15, -0.1) is 0 Å². The van der Waals surface area contributed by atoms with Gasteiger partial charge in [0.1, 0.15) is 5.41 Å². The fourth-order valence-corrected chi connectivity index (χ4v) is 6.52. The molecule has 4 heteroatoms. The second kappa shape index (κ2) is 8.18. The molecular weight excluding hydrogens is 420 g/mol. The number of nitrogens with zero attached hydrogens (tertiary/aromatic N) is 2. The Morgan fingerprint density at radius 1 is 0.882 bits per heavy atom. The van der Waals surface area contributed by atoms with Gasteiger partial charge in [-0.3, -0.25) is 0 Å². The van der Waals surface area contributed by atoms with E-state index in [0.717, 1.165) is 58.3 Å². The normalized spacial score (nSPS) is 26.6. The van der Waals surface area contributed by atoms with Crippen LogP contribution in [0.4, 0.5) is 0 Å². The van der Waals surface area contributed by atoms with E-state index in [-0.39, 0.29) is 0 Å². The van der Waals surface area contributed by atoms with Gasteiger partial charge in [0.05, 0.1) is 32.8 Å². The van der Waals surface area contributed by atoms with E-state index in [1.165, 1.54) is 18.7 Å². The van der Waals surface area contributed by atoms with Crippen molar-refractivity contribution < 1.29 is 14.0 Å². The van der Waals surface area contributed by atoms with Gasteiger partial charge in [-0.2, -0.15) is 5.26 Å². The zero-order valence-corrected chi connectivity index (χ0v) is 19.7. The van der Waals surface area contributed by atoms with Gasteiger partial charge < -0.3 is 14.0 Å². The fourth-order valence-electron chi connectivity index (χ4n) is 6.52. The monoisotopic (exact) mass is 451 g/mol. The van der Waals surface area contributed by atoms with Crippen LogP contribution in [0.5, 0.6) is 11.5 Å². The number of piperidine rings is 1. The fraction of sp³-hybridized carbons (Fsp3) is 0.367. The van der Waals surface area contributed by atoms with Gasteiger partial charge >= 0.3 is 0 Å². The molecule has 172 valence electrons. The Kier molecular flexibility index (Phi) is 5.12. The lowest BCUT2D eigenvalue weighted by atomic mass is 9.71. The van der Waals surface area contributed by atoms with Crippen LogP contribution in [0.2, 0.25) is 0 Å². The van der Waals surface area contributed by atoms with Crippen molar-refractivity contribution in [2.24, 2.45) is 17.8 Å². The van der Waals surface area contributed by atoms with E-state index >= 15 is 0 Å². The lowest BCUT2D eigenvalue weighted by molar-refractivity contribution is -0.903. The van der Waals surface area contributed by atoms with Crippen LogP contribution < -0.4 is 9.47 Å². The molecule has 3 aliphatic rings. The first-order chi connectivity index (χ1) is 16.6. The zero-order chi connectivity index (χ0) is 23.2. The lowest BCUT2D eigenvalue weighted by Crippen LogP contribution is -2.46. The molecule has 1 aliphatic carbocycles. The van der Waals surface area contributed by atoms with E-state index in [1.807, 2.05) is 18.2 Å². The number of likely N-dealkylation sites (N-methyl/N-ethyl adjacent to an activating group) is 1. The number of ether oxygens (including phenoxy) is 2. The second-order valence-electron chi connectivity index (χ2n) is 10.6. The Hall–Kier alpha value is -3.29. The average molecular weight is 452 g/mol. The second-order valence-corrected chi connectivity index (χ2v) is 10.6. The van der Waals surface area contributed by atoms with E-state index in [0.29, 0.717) is 12.7 Å². The van der Waals surface area contributed by atoms with Crippen LogP contribution in [-0.4, -0.2) is 38.0 Å². The van der Waals surface area contributed by atoms with Crippen molar-refractivity contribution in [3.8, 4) is 17.6 Å². The maximum atomic E-state index is 10.5. The summed E-state index contributed by atoms with van der Waals surface area (Å²) in [5.74, 6) is 3.80. The molecule has 0 aromatic heterocycles. The summed E-state index contributed by atoms with van der Waals surface area (Å²) in [4.78, 5) is 0. The zero-order valence-electron chi connectivity index (χ0n) is 19.7. The number of hydrogen-bond donors (Lipinski definition) is 0. The van der Waals surface area contributed by atoms with Gasteiger partial charge in [0.25, 0.3) is 0 Å². The average Bonchev–Trinajstić information content (AvgIpc) is 3.21. The summed E-state index contributed by atoms with van der Waals surface area (Å²) in [5, 5.41) is 10.5. The summed E-state index contributed by atoms with van der Waals surface area (Å²) >= 11 is 0. The topological polar surface area (TPSA) is 42.2 Å². The number of hydrogen-bond acceptors (Lipinski definition) is 3. The Balaban J connectivity index is 1.15. The third-order valence-corrected chi connectivity index (χ3v) is 8.46. The first-order valence-electron chi connectivity index (χ1n) is 12.3.